The van der Waals surface area contributed by atoms with Crippen molar-refractivity contribution in [1.82, 2.24) is 15.5 Å². The average Bonchev–Trinajstić information content (AvgIpc) is 2.77. The summed E-state index contributed by atoms with van der Waals surface area (Å²) in [6.07, 6.45) is 2.32. The molecule has 0 aromatic heterocycles. The molecule has 0 unspecified atom stereocenters. The quantitative estimate of drug-likeness (QED) is 0.321. The zero-order valence-electron chi connectivity index (χ0n) is 18.3. The van der Waals surface area contributed by atoms with Gasteiger partial charge in [0.2, 0.25) is 0 Å². The third-order valence-corrected chi connectivity index (χ3v) is 5.46. The van der Waals surface area contributed by atoms with Crippen LogP contribution in [0.3, 0.4) is 0 Å². The third-order valence-electron chi connectivity index (χ3n) is 5.46. The van der Waals surface area contributed by atoms with E-state index in [9.17, 15) is 0 Å². The summed E-state index contributed by atoms with van der Waals surface area (Å²) < 4.78 is 5.86. The minimum absolute atomic E-state index is 0. The van der Waals surface area contributed by atoms with Gasteiger partial charge in [-0.1, -0.05) is 42.5 Å². The van der Waals surface area contributed by atoms with E-state index in [4.69, 9.17) is 4.74 Å². The Balaban J connectivity index is 0.00000320. The van der Waals surface area contributed by atoms with Crippen LogP contribution in [-0.2, 0) is 13.2 Å². The molecule has 2 N–H and O–H groups in total. The second-order valence-electron chi connectivity index (χ2n) is 7.89. The van der Waals surface area contributed by atoms with Crippen molar-refractivity contribution in [3.63, 3.8) is 0 Å². The zero-order valence-corrected chi connectivity index (χ0v) is 20.6. The number of hydrogen-bond acceptors (Lipinski definition) is 3. The molecule has 0 saturated carbocycles. The van der Waals surface area contributed by atoms with E-state index in [1.54, 1.807) is 0 Å². The highest BCUT2D eigenvalue weighted by Crippen LogP contribution is 2.15. The predicted octanol–water partition coefficient (Wildman–Crippen LogP) is 4.42. The van der Waals surface area contributed by atoms with Crippen LogP contribution in [0.1, 0.15) is 37.8 Å². The minimum atomic E-state index is 0. The first-order chi connectivity index (χ1) is 14.1. The van der Waals surface area contributed by atoms with Gasteiger partial charge in [-0.15, -0.1) is 24.0 Å². The van der Waals surface area contributed by atoms with Gasteiger partial charge in [0.15, 0.2) is 5.96 Å². The van der Waals surface area contributed by atoms with Crippen LogP contribution in [0.15, 0.2) is 59.6 Å². The highest BCUT2D eigenvalue weighted by molar-refractivity contribution is 14.0. The zero-order chi connectivity index (χ0) is 20.5. The Morgan fingerprint density at radius 3 is 2.30 bits per heavy atom. The van der Waals surface area contributed by atoms with E-state index in [1.807, 2.05) is 37.4 Å². The molecular weight excluding hydrogens is 487 g/mol. The summed E-state index contributed by atoms with van der Waals surface area (Å²) in [7, 11) is 1.83. The normalized spacial score (nSPS) is 15.5. The van der Waals surface area contributed by atoms with Crippen LogP contribution in [0.25, 0.3) is 0 Å². The fraction of sp³-hybridized carbons (Fsp3) is 0.458. The van der Waals surface area contributed by atoms with Gasteiger partial charge >= 0.3 is 0 Å². The molecule has 0 radical (unpaired) electrons. The van der Waals surface area contributed by atoms with Crippen molar-refractivity contribution in [3.8, 4) is 5.75 Å². The maximum Gasteiger partial charge on any atom is 0.191 e. The van der Waals surface area contributed by atoms with Crippen molar-refractivity contribution in [3.05, 3.63) is 65.7 Å². The van der Waals surface area contributed by atoms with Crippen LogP contribution in [0.2, 0.25) is 0 Å². The molecule has 0 amide bonds. The SMILES string of the molecule is CN=C(NCc1ccc(OCc2ccccc2)cc1)NC1CCN(C(C)C)CC1.I. The summed E-state index contributed by atoms with van der Waals surface area (Å²) in [6.45, 7) is 8.17. The summed E-state index contributed by atoms with van der Waals surface area (Å²) >= 11 is 0. The molecule has 1 aliphatic rings. The first-order valence-corrected chi connectivity index (χ1v) is 10.6. The lowest BCUT2D eigenvalue weighted by Gasteiger charge is -2.35. The Hall–Kier alpha value is -1.80. The predicted molar refractivity (Wildman–Crippen MR) is 136 cm³/mol. The van der Waals surface area contributed by atoms with Crippen LogP contribution in [0.4, 0.5) is 0 Å². The molecule has 2 aromatic rings. The number of ether oxygens (including phenoxy) is 1. The van der Waals surface area contributed by atoms with Crippen LogP contribution >= 0.6 is 24.0 Å². The van der Waals surface area contributed by atoms with Gasteiger partial charge in [0.25, 0.3) is 0 Å². The van der Waals surface area contributed by atoms with Crippen LogP contribution in [0.5, 0.6) is 5.75 Å². The monoisotopic (exact) mass is 522 g/mol. The number of aliphatic imine (C=N–C) groups is 1. The van der Waals surface area contributed by atoms with Crippen molar-refractivity contribution >= 4 is 29.9 Å². The molecular formula is C24H35IN4O. The van der Waals surface area contributed by atoms with Crippen LogP contribution in [-0.4, -0.2) is 43.1 Å². The summed E-state index contributed by atoms with van der Waals surface area (Å²) in [5.41, 5.74) is 2.38. The number of benzene rings is 2. The number of halogens is 1. The lowest BCUT2D eigenvalue weighted by atomic mass is 10.0. The van der Waals surface area contributed by atoms with Gasteiger partial charge in [-0.25, -0.2) is 0 Å². The molecule has 3 rings (SSSR count). The topological polar surface area (TPSA) is 48.9 Å². The molecule has 1 fully saturated rings. The maximum absolute atomic E-state index is 5.86. The second-order valence-corrected chi connectivity index (χ2v) is 7.89. The largest absolute Gasteiger partial charge is 0.489 e. The highest BCUT2D eigenvalue weighted by atomic mass is 127. The first kappa shape index (κ1) is 24.5. The lowest BCUT2D eigenvalue weighted by Crippen LogP contribution is -2.49. The van der Waals surface area contributed by atoms with E-state index < -0.39 is 0 Å². The van der Waals surface area contributed by atoms with Gasteiger partial charge in [-0.2, -0.15) is 0 Å². The maximum atomic E-state index is 5.86. The highest BCUT2D eigenvalue weighted by Gasteiger charge is 2.21. The molecule has 1 aliphatic heterocycles. The van der Waals surface area contributed by atoms with Crippen molar-refractivity contribution in [1.29, 1.82) is 0 Å². The van der Waals surface area contributed by atoms with Crippen LogP contribution < -0.4 is 15.4 Å². The summed E-state index contributed by atoms with van der Waals surface area (Å²) in [5.74, 6) is 1.76. The number of likely N-dealkylation sites (tertiary alicyclic amines) is 1. The van der Waals surface area contributed by atoms with Crippen LogP contribution in [0, 0.1) is 0 Å². The lowest BCUT2D eigenvalue weighted by molar-refractivity contribution is 0.167. The standard InChI is InChI=1S/C24H34N4O.HI/c1-19(2)28-15-13-22(14-16-28)27-24(25-3)26-17-20-9-11-23(12-10-20)29-18-21-7-5-4-6-8-21;/h4-12,19,22H,13-18H2,1-3H3,(H2,25,26,27);1H. The number of nitrogens with zero attached hydrogens (tertiary/aromatic N) is 2. The van der Waals surface area contributed by atoms with E-state index >= 15 is 0 Å². The molecule has 0 atom stereocenters. The number of piperidine rings is 1. The van der Waals surface area contributed by atoms with Gasteiger partial charge in [0, 0.05) is 38.8 Å². The molecule has 0 bridgehead atoms. The summed E-state index contributed by atoms with van der Waals surface area (Å²) in [6, 6.07) is 19.6. The molecule has 30 heavy (non-hydrogen) atoms. The molecule has 5 nitrogen and oxygen atoms in total. The molecule has 164 valence electrons. The third kappa shape index (κ3) is 7.80. The second kappa shape index (κ2) is 12.8. The van der Waals surface area contributed by atoms with Gasteiger partial charge < -0.3 is 20.3 Å². The van der Waals surface area contributed by atoms with Gasteiger partial charge in [-0.3, -0.25) is 4.99 Å². The number of hydrogen-bond donors (Lipinski definition) is 2. The Morgan fingerprint density at radius 1 is 1.03 bits per heavy atom. The molecule has 0 aliphatic carbocycles. The van der Waals surface area contributed by atoms with Gasteiger partial charge in [0.05, 0.1) is 0 Å². The van der Waals surface area contributed by atoms with E-state index in [1.165, 1.54) is 11.1 Å². The Kier molecular flexibility index (Phi) is 10.4. The Labute approximate surface area is 198 Å². The minimum Gasteiger partial charge on any atom is -0.489 e. The average molecular weight is 522 g/mol. The summed E-state index contributed by atoms with van der Waals surface area (Å²) in [4.78, 5) is 6.93. The number of nitrogens with one attached hydrogen (secondary N) is 2. The van der Waals surface area contributed by atoms with Crippen molar-refractivity contribution in [2.75, 3.05) is 20.1 Å². The smallest absolute Gasteiger partial charge is 0.191 e. The van der Waals surface area contributed by atoms with Crippen molar-refractivity contribution < 1.29 is 4.74 Å². The van der Waals surface area contributed by atoms with Crippen molar-refractivity contribution in [2.45, 2.75) is 51.9 Å². The molecule has 1 saturated heterocycles. The Morgan fingerprint density at radius 2 is 1.70 bits per heavy atom. The van der Waals surface area contributed by atoms with Gasteiger partial charge in [0.1, 0.15) is 12.4 Å². The first-order valence-electron chi connectivity index (χ1n) is 10.6. The molecule has 6 heteroatoms. The van der Waals surface area contributed by atoms with Gasteiger partial charge in [-0.05, 0) is 49.9 Å². The van der Waals surface area contributed by atoms with E-state index in [0.29, 0.717) is 18.7 Å². The Bertz CT molecular complexity index is 757. The molecule has 0 spiro atoms. The number of rotatable bonds is 7. The molecule has 1 heterocycles. The van der Waals surface area contributed by atoms with E-state index in [2.05, 4.69) is 58.6 Å². The van der Waals surface area contributed by atoms with E-state index in [0.717, 1.165) is 44.2 Å². The fourth-order valence-electron chi connectivity index (χ4n) is 3.58. The summed E-state index contributed by atoms with van der Waals surface area (Å²) in [5, 5.41) is 7.00. The fourth-order valence-corrected chi connectivity index (χ4v) is 3.58. The van der Waals surface area contributed by atoms with E-state index in [-0.39, 0.29) is 24.0 Å². The molecule has 2 aromatic carbocycles. The number of guanidine groups is 1. The van der Waals surface area contributed by atoms with Crippen molar-refractivity contribution in [2.24, 2.45) is 4.99 Å².